The van der Waals surface area contributed by atoms with Crippen molar-refractivity contribution in [1.82, 2.24) is 14.5 Å². The molecule has 1 aliphatic heterocycles. The van der Waals surface area contributed by atoms with Crippen molar-refractivity contribution < 1.29 is 4.74 Å². The molecule has 4 nitrogen and oxygen atoms in total. The highest BCUT2D eigenvalue weighted by molar-refractivity contribution is 7.71. The second-order valence-electron chi connectivity index (χ2n) is 4.80. The molecule has 1 N–H and O–H groups in total. The molecule has 0 aliphatic carbocycles. The molecule has 0 amide bonds. The van der Waals surface area contributed by atoms with Crippen LogP contribution in [0.4, 0.5) is 0 Å². The summed E-state index contributed by atoms with van der Waals surface area (Å²) in [7, 11) is 0. The van der Waals surface area contributed by atoms with Crippen molar-refractivity contribution in [1.29, 1.82) is 0 Å². The average Bonchev–Trinajstić information content (AvgIpc) is 2.95. The van der Waals surface area contributed by atoms with Gasteiger partial charge in [-0.2, -0.15) is 0 Å². The summed E-state index contributed by atoms with van der Waals surface area (Å²) in [5.41, 5.74) is 2.14. The summed E-state index contributed by atoms with van der Waals surface area (Å²) >= 11 is 5.40. The lowest BCUT2D eigenvalue weighted by Gasteiger charge is -2.17. The lowest BCUT2D eigenvalue weighted by atomic mass is 9.99. The number of fused-ring (bicyclic) bond motifs is 1. The van der Waals surface area contributed by atoms with Crippen LogP contribution in [0.15, 0.2) is 18.5 Å². The van der Waals surface area contributed by atoms with E-state index in [4.69, 9.17) is 17.0 Å². The van der Waals surface area contributed by atoms with Gasteiger partial charge < -0.3 is 14.3 Å². The molecule has 5 heteroatoms. The Morgan fingerprint density at radius 1 is 1.61 bits per heavy atom. The molecule has 0 saturated carbocycles. The fourth-order valence-corrected chi connectivity index (χ4v) is 3.06. The number of imidazole rings is 1. The maximum Gasteiger partial charge on any atom is 0.178 e. The number of H-pyrrole nitrogens is 1. The Balaban J connectivity index is 1.95. The second-order valence-corrected chi connectivity index (χ2v) is 5.19. The number of nitrogens with zero attached hydrogens (tertiary/aromatic N) is 2. The quantitative estimate of drug-likeness (QED) is 0.866. The maximum absolute atomic E-state index is 5.75. The van der Waals surface area contributed by atoms with Crippen LogP contribution >= 0.6 is 12.2 Å². The predicted molar refractivity (Wildman–Crippen MR) is 73.1 cm³/mol. The van der Waals surface area contributed by atoms with E-state index in [2.05, 4.69) is 21.5 Å². The van der Waals surface area contributed by atoms with Gasteiger partial charge in [0.1, 0.15) is 0 Å². The molecule has 0 bridgehead atoms. The van der Waals surface area contributed by atoms with Gasteiger partial charge >= 0.3 is 0 Å². The molecule has 0 spiro atoms. The molecule has 3 heterocycles. The largest absolute Gasteiger partial charge is 0.378 e. The summed E-state index contributed by atoms with van der Waals surface area (Å²) < 4.78 is 8.70. The maximum atomic E-state index is 5.75. The Morgan fingerprint density at radius 3 is 3.33 bits per heavy atom. The minimum atomic E-state index is 0.374. The Morgan fingerprint density at radius 2 is 2.50 bits per heavy atom. The molecule has 96 valence electrons. The summed E-state index contributed by atoms with van der Waals surface area (Å²) in [5, 5.41) is 0. The standard InChI is InChI=1S/C13H17N3OS/c1-2-12-9(4-6-17-12)8-16-11-3-5-14-7-10(11)15-13(16)18/h3,5,7,9,12H,2,4,6,8H2,1H3,(H,15,18). The number of aromatic amines is 1. The third-order valence-corrected chi connectivity index (χ3v) is 4.06. The van der Waals surface area contributed by atoms with Crippen molar-refractivity contribution >= 4 is 23.3 Å². The SMILES string of the molecule is CCC1OCCC1Cn1c(=S)[nH]c2cnccc21. The fraction of sp³-hybridized carbons (Fsp3) is 0.538. The predicted octanol–water partition coefficient (Wildman–Crippen LogP) is 2.91. The van der Waals surface area contributed by atoms with E-state index in [1.807, 2.05) is 18.5 Å². The number of hydrogen-bond donors (Lipinski definition) is 1. The summed E-state index contributed by atoms with van der Waals surface area (Å²) in [6, 6.07) is 2.01. The van der Waals surface area contributed by atoms with E-state index < -0.39 is 0 Å². The molecule has 0 radical (unpaired) electrons. The zero-order valence-corrected chi connectivity index (χ0v) is 11.2. The molecule has 3 rings (SSSR count). The van der Waals surface area contributed by atoms with Gasteiger partial charge in [-0.1, -0.05) is 6.92 Å². The van der Waals surface area contributed by atoms with Crippen molar-refractivity contribution in [2.24, 2.45) is 5.92 Å². The summed E-state index contributed by atoms with van der Waals surface area (Å²) in [4.78, 5) is 7.32. The van der Waals surface area contributed by atoms with Crippen LogP contribution in [-0.4, -0.2) is 27.2 Å². The van der Waals surface area contributed by atoms with Gasteiger partial charge in [0.25, 0.3) is 0 Å². The first-order chi connectivity index (χ1) is 8.79. The van der Waals surface area contributed by atoms with Crippen LogP contribution in [0.3, 0.4) is 0 Å². The van der Waals surface area contributed by atoms with E-state index in [-0.39, 0.29) is 0 Å². The Bertz CT molecular complexity index is 604. The first-order valence-electron chi connectivity index (χ1n) is 6.43. The minimum absolute atomic E-state index is 0.374. The van der Waals surface area contributed by atoms with E-state index >= 15 is 0 Å². The molecule has 2 aromatic heterocycles. The highest BCUT2D eigenvalue weighted by Crippen LogP contribution is 2.26. The molecule has 1 fully saturated rings. The number of aromatic nitrogens is 3. The zero-order valence-electron chi connectivity index (χ0n) is 10.4. The number of rotatable bonds is 3. The zero-order chi connectivity index (χ0) is 12.5. The number of ether oxygens (including phenoxy) is 1. The van der Waals surface area contributed by atoms with Crippen LogP contribution in [0.5, 0.6) is 0 Å². The third-order valence-electron chi connectivity index (χ3n) is 3.74. The summed E-state index contributed by atoms with van der Waals surface area (Å²) in [6.07, 6.45) is 6.20. The van der Waals surface area contributed by atoms with E-state index in [0.29, 0.717) is 12.0 Å². The molecule has 1 aliphatic rings. The Labute approximate surface area is 111 Å². The van der Waals surface area contributed by atoms with E-state index in [1.54, 1.807) is 0 Å². The number of pyridine rings is 1. The van der Waals surface area contributed by atoms with Gasteiger partial charge in [0.15, 0.2) is 4.77 Å². The normalized spacial score (nSPS) is 23.8. The summed E-state index contributed by atoms with van der Waals surface area (Å²) in [5.74, 6) is 0.564. The van der Waals surface area contributed by atoms with Gasteiger partial charge in [-0.15, -0.1) is 0 Å². The van der Waals surface area contributed by atoms with Crippen LogP contribution in [-0.2, 0) is 11.3 Å². The van der Waals surface area contributed by atoms with Crippen LogP contribution in [0.2, 0.25) is 0 Å². The van der Waals surface area contributed by atoms with Gasteiger partial charge in [0.2, 0.25) is 0 Å². The van der Waals surface area contributed by atoms with Crippen LogP contribution in [0.25, 0.3) is 11.0 Å². The molecule has 0 aromatic carbocycles. The van der Waals surface area contributed by atoms with Crippen molar-refractivity contribution in [2.45, 2.75) is 32.4 Å². The van der Waals surface area contributed by atoms with E-state index in [1.165, 1.54) is 0 Å². The molecule has 2 aromatic rings. The fourth-order valence-electron chi connectivity index (χ4n) is 2.78. The van der Waals surface area contributed by atoms with E-state index in [0.717, 1.165) is 41.8 Å². The summed E-state index contributed by atoms with van der Waals surface area (Å²) in [6.45, 7) is 3.99. The first-order valence-corrected chi connectivity index (χ1v) is 6.84. The average molecular weight is 263 g/mol. The van der Waals surface area contributed by atoms with Crippen molar-refractivity contribution in [2.75, 3.05) is 6.61 Å². The van der Waals surface area contributed by atoms with Gasteiger partial charge in [-0.3, -0.25) is 4.98 Å². The van der Waals surface area contributed by atoms with Crippen molar-refractivity contribution in [3.8, 4) is 0 Å². The lowest BCUT2D eigenvalue weighted by Crippen LogP contribution is -2.20. The Hall–Kier alpha value is -1.20. The monoisotopic (exact) mass is 263 g/mol. The Kier molecular flexibility index (Phi) is 3.18. The van der Waals surface area contributed by atoms with E-state index in [9.17, 15) is 0 Å². The van der Waals surface area contributed by atoms with Gasteiger partial charge in [-0.25, -0.2) is 0 Å². The van der Waals surface area contributed by atoms with Crippen LogP contribution in [0.1, 0.15) is 19.8 Å². The topological polar surface area (TPSA) is 42.8 Å². The smallest absolute Gasteiger partial charge is 0.178 e. The van der Waals surface area contributed by atoms with Crippen molar-refractivity contribution in [3.63, 3.8) is 0 Å². The first kappa shape index (κ1) is 11.9. The molecule has 1 saturated heterocycles. The number of nitrogens with one attached hydrogen (secondary N) is 1. The minimum Gasteiger partial charge on any atom is -0.378 e. The number of hydrogen-bond acceptors (Lipinski definition) is 3. The third kappa shape index (κ3) is 1.97. The van der Waals surface area contributed by atoms with Crippen LogP contribution < -0.4 is 0 Å². The molecular weight excluding hydrogens is 246 g/mol. The van der Waals surface area contributed by atoms with Gasteiger partial charge in [0.05, 0.1) is 23.3 Å². The van der Waals surface area contributed by atoms with Gasteiger partial charge in [0, 0.05) is 25.3 Å². The molecule has 2 unspecified atom stereocenters. The van der Waals surface area contributed by atoms with Gasteiger partial charge in [-0.05, 0) is 31.1 Å². The lowest BCUT2D eigenvalue weighted by molar-refractivity contribution is 0.0837. The molecule has 18 heavy (non-hydrogen) atoms. The second kappa shape index (κ2) is 4.82. The van der Waals surface area contributed by atoms with Crippen molar-refractivity contribution in [3.05, 3.63) is 23.2 Å². The molecule has 2 atom stereocenters. The highest BCUT2D eigenvalue weighted by Gasteiger charge is 2.27. The highest BCUT2D eigenvalue weighted by atomic mass is 32.1. The molecular formula is C13H17N3OS. The van der Waals surface area contributed by atoms with Crippen LogP contribution in [0, 0.1) is 10.7 Å².